The molecule has 1 aromatic rings. The Hall–Kier alpha value is -1.22. The van der Waals surface area contributed by atoms with Gasteiger partial charge in [0.15, 0.2) is 11.6 Å². The van der Waals surface area contributed by atoms with Crippen LogP contribution in [0.15, 0.2) is 24.3 Å². The number of hydrogen-bond donors (Lipinski definition) is 1. The fraction of sp³-hybridized carbons (Fsp3) is 0.200. The van der Waals surface area contributed by atoms with E-state index in [-0.39, 0.29) is 0 Å². The van der Waals surface area contributed by atoms with Gasteiger partial charge in [0.25, 0.3) is 0 Å². The van der Waals surface area contributed by atoms with Crippen molar-refractivity contribution < 1.29 is 8.78 Å². The van der Waals surface area contributed by atoms with Crippen LogP contribution in [0.5, 0.6) is 0 Å². The summed E-state index contributed by atoms with van der Waals surface area (Å²) in [6.07, 6.45) is 1.76. The molecule has 1 aromatic carbocycles. The first kappa shape index (κ1) is 9.86. The third-order valence-electron chi connectivity index (χ3n) is 1.80. The molecule has 0 aliphatic carbocycles. The monoisotopic (exact) mass is 183 g/mol. The van der Waals surface area contributed by atoms with E-state index in [2.05, 4.69) is 0 Å². The molecular formula is C10H11F2N. The molecule has 0 spiro atoms. The number of rotatable bonds is 2. The van der Waals surface area contributed by atoms with Gasteiger partial charge in [0, 0.05) is 6.54 Å². The van der Waals surface area contributed by atoms with Gasteiger partial charge in [-0.2, -0.15) is 0 Å². The van der Waals surface area contributed by atoms with E-state index in [4.69, 9.17) is 5.73 Å². The third kappa shape index (κ3) is 2.36. The van der Waals surface area contributed by atoms with Crippen molar-refractivity contribution in [3.05, 3.63) is 41.5 Å². The van der Waals surface area contributed by atoms with E-state index >= 15 is 0 Å². The lowest BCUT2D eigenvalue weighted by Crippen LogP contribution is -1.95. The maximum absolute atomic E-state index is 12.7. The largest absolute Gasteiger partial charge is 0.327 e. The molecule has 2 N–H and O–H groups in total. The van der Waals surface area contributed by atoms with E-state index in [1.54, 1.807) is 13.0 Å². The standard InChI is InChI=1S/C10H11F2N/c1-7(4-5-13)8-2-3-9(11)10(12)6-8/h2-4,6H,5,13H2,1H3/b7-4-. The summed E-state index contributed by atoms with van der Waals surface area (Å²) in [6.45, 7) is 2.20. The Morgan fingerprint density at radius 1 is 1.38 bits per heavy atom. The summed E-state index contributed by atoms with van der Waals surface area (Å²) >= 11 is 0. The lowest BCUT2D eigenvalue weighted by atomic mass is 10.1. The Morgan fingerprint density at radius 2 is 2.08 bits per heavy atom. The second kappa shape index (κ2) is 4.14. The van der Waals surface area contributed by atoms with Crippen molar-refractivity contribution in [1.82, 2.24) is 0 Å². The van der Waals surface area contributed by atoms with Gasteiger partial charge in [0.1, 0.15) is 0 Å². The van der Waals surface area contributed by atoms with Crippen LogP contribution < -0.4 is 5.73 Å². The lowest BCUT2D eigenvalue weighted by molar-refractivity contribution is 0.508. The molecule has 1 rings (SSSR count). The Bertz CT molecular complexity index is 332. The molecule has 0 saturated heterocycles. The molecule has 1 nitrogen and oxygen atoms in total. The van der Waals surface area contributed by atoms with Crippen molar-refractivity contribution in [2.24, 2.45) is 5.73 Å². The zero-order chi connectivity index (χ0) is 9.84. The first-order chi connectivity index (χ1) is 6.15. The van der Waals surface area contributed by atoms with Crippen LogP contribution in [-0.2, 0) is 0 Å². The Morgan fingerprint density at radius 3 is 2.62 bits per heavy atom. The molecule has 0 heterocycles. The Labute approximate surface area is 75.9 Å². The predicted molar refractivity (Wildman–Crippen MR) is 49.1 cm³/mol. The highest BCUT2D eigenvalue weighted by molar-refractivity contribution is 5.63. The Kier molecular flexibility index (Phi) is 3.14. The number of nitrogens with two attached hydrogens (primary N) is 1. The van der Waals surface area contributed by atoms with Crippen LogP contribution in [0.25, 0.3) is 5.57 Å². The van der Waals surface area contributed by atoms with Gasteiger partial charge < -0.3 is 5.73 Å². The summed E-state index contributed by atoms with van der Waals surface area (Å²) in [4.78, 5) is 0. The molecule has 3 heteroatoms. The molecule has 0 atom stereocenters. The van der Waals surface area contributed by atoms with Crippen LogP contribution in [0.2, 0.25) is 0 Å². The smallest absolute Gasteiger partial charge is 0.159 e. The number of hydrogen-bond acceptors (Lipinski definition) is 1. The number of benzene rings is 1. The molecule has 0 radical (unpaired) electrons. The highest BCUT2D eigenvalue weighted by Crippen LogP contribution is 2.16. The summed E-state index contributed by atoms with van der Waals surface area (Å²) in [7, 11) is 0. The minimum absolute atomic E-state index is 0.394. The normalized spacial score (nSPS) is 11.8. The fourth-order valence-electron chi connectivity index (χ4n) is 1.04. The third-order valence-corrected chi connectivity index (χ3v) is 1.80. The van der Waals surface area contributed by atoms with Crippen molar-refractivity contribution in [3.63, 3.8) is 0 Å². The fourth-order valence-corrected chi connectivity index (χ4v) is 1.04. The molecule has 0 bridgehead atoms. The van der Waals surface area contributed by atoms with E-state index in [9.17, 15) is 8.78 Å². The topological polar surface area (TPSA) is 26.0 Å². The van der Waals surface area contributed by atoms with Gasteiger partial charge >= 0.3 is 0 Å². The van der Waals surface area contributed by atoms with Crippen LogP contribution in [0.3, 0.4) is 0 Å². The van der Waals surface area contributed by atoms with E-state index < -0.39 is 11.6 Å². The average molecular weight is 183 g/mol. The summed E-state index contributed by atoms with van der Waals surface area (Å²) in [5.41, 5.74) is 6.80. The molecular weight excluding hydrogens is 172 g/mol. The molecule has 0 fully saturated rings. The lowest BCUT2D eigenvalue weighted by Gasteiger charge is -2.01. The maximum atomic E-state index is 12.7. The van der Waals surface area contributed by atoms with E-state index in [0.29, 0.717) is 12.1 Å². The summed E-state index contributed by atoms with van der Waals surface area (Å²) < 4.78 is 25.3. The highest BCUT2D eigenvalue weighted by atomic mass is 19.2. The van der Waals surface area contributed by atoms with Crippen molar-refractivity contribution >= 4 is 5.57 Å². The van der Waals surface area contributed by atoms with Crippen LogP contribution >= 0.6 is 0 Å². The molecule has 0 aliphatic rings. The highest BCUT2D eigenvalue weighted by Gasteiger charge is 2.02. The predicted octanol–water partition coefficient (Wildman–Crippen LogP) is 2.33. The minimum atomic E-state index is -0.831. The van der Waals surface area contributed by atoms with Gasteiger partial charge in [0.05, 0.1) is 0 Å². The molecule has 0 unspecified atom stereocenters. The summed E-state index contributed by atoms with van der Waals surface area (Å²) in [6, 6.07) is 3.80. The molecule has 0 saturated carbocycles. The zero-order valence-electron chi connectivity index (χ0n) is 7.35. The summed E-state index contributed by atoms with van der Waals surface area (Å²) in [5, 5.41) is 0. The van der Waals surface area contributed by atoms with E-state index in [0.717, 1.165) is 17.7 Å². The van der Waals surface area contributed by atoms with Gasteiger partial charge in [-0.25, -0.2) is 8.78 Å². The maximum Gasteiger partial charge on any atom is 0.159 e. The molecule has 0 aliphatic heterocycles. The Balaban J connectivity index is 3.04. The molecule has 13 heavy (non-hydrogen) atoms. The van der Waals surface area contributed by atoms with Crippen LogP contribution in [0, 0.1) is 11.6 Å². The van der Waals surface area contributed by atoms with Crippen molar-refractivity contribution in [3.8, 4) is 0 Å². The van der Waals surface area contributed by atoms with E-state index in [1.807, 2.05) is 0 Å². The van der Waals surface area contributed by atoms with Gasteiger partial charge in [-0.1, -0.05) is 12.1 Å². The van der Waals surface area contributed by atoms with Gasteiger partial charge in [0.2, 0.25) is 0 Å². The second-order valence-corrected chi connectivity index (χ2v) is 2.75. The molecule has 0 aromatic heterocycles. The summed E-state index contributed by atoms with van der Waals surface area (Å²) in [5.74, 6) is -1.66. The van der Waals surface area contributed by atoms with Crippen LogP contribution in [0.1, 0.15) is 12.5 Å². The van der Waals surface area contributed by atoms with Crippen molar-refractivity contribution in [2.45, 2.75) is 6.92 Å². The van der Waals surface area contributed by atoms with Crippen molar-refractivity contribution in [1.29, 1.82) is 0 Å². The average Bonchev–Trinajstić information content (AvgIpc) is 2.10. The zero-order valence-corrected chi connectivity index (χ0v) is 7.35. The van der Waals surface area contributed by atoms with Gasteiger partial charge in [-0.3, -0.25) is 0 Å². The molecule has 70 valence electrons. The van der Waals surface area contributed by atoms with Gasteiger partial charge in [-0.15, -0.1) is 0 Å². The first-order valence-corrected chi connectivity index (χ1v) is 3.97. The molecule has 0 amide bonds. The SMILES string of the molecule is C/C(=C/CN)c1ccc(F)c(F)c1. The van der Waals surface area contributed by atoms with E-state index in [1.165, 1.54) is 6.07 Å². The van der Waals surface area contributed by atoms with Crippen LogP contribution in [0.4, 0.5) is 8.78 Å². The van der Waals surface area contributed by atoms with Gasteiger partial charge in [-0.05, 0) is 30.2 Å². The quantitative estimate of drug-likeness (QED) is 0.748. The second-order valence-electron chi connectivity index (χ2n) is 2.75. The van der Waals surface area contributed by atoms with Crippen molar-refractivity contribution in [2.75, 3.05) is 6.54 Å². The van der Waals surface area contributed by atoms with Crippen LogP contribution in [-0.4, -0.2) is 6.54 Å². The minimum Gasteiger partial charge on any atom is -0.327 e. The number of allylic oxidation sites excluding steroid dienone is 1. The first-order valence-electron chi connectivity index (χ1n) is 3.97. The number of halogens is 2.